The van der Waals surface area contributed by atoms with Crippen LogP contribution in [0.3, 0.4) is 0 Å². The predicted octanol–water partition coefficient (Wildman–Crippen LogP) is 5.45. The van der Waals surface area contributed by atoms with Gasteiger partial charge < -0.3 is 19.7 Å². The average molecular weight is 405 g/mol. The maximum atomic E-state index is 12.8. The van der Waals surface area contributed by atoms with E-state index in [9.17, 15) is 4.79 Å². The van der Waals surface area contributed by atoms with Crippen LogP contribution in [0.5, 0.6) is 17.2 Å². The summed E-state index contributed by atoms with van der Waals surface area (Å²) in [6.45, 7) is 7.64. The summed E-state index contributed by atoms with van der Waals surface area (Å²) in [5.74, 6) is 1.78. The van der Waals surface area contributed by atoms with Crippen LogP contribution in [0.25, 0.3) is 0 Å². The van der Waals surface area contributed by atoms with Crippen molar-refractivity contribution in [3.63, 3.8) is 0 Å². The minimum absolute atomic E-state index is 0.215. The molecule has 0 aliphatic heterocycles. The van der Waals surface area contributed by atoms with Gasteiger partial charge in [0.25, 0.3) is 5.91 Å². The Kier molecular flexibility index (Phi) is 7.86. The van der Waals surface area contributed by atoms with Crippen LogP contribution >= 0.6 is 0 Å². The highest BCUT2D eigenvalue weighted by molar-refractivity contribution is 6.05. The van der Waals surface area contributed by atoms with E-state index in [4.69, 9.17) is 9.47 Å². The zero-order valence-electron chi connectivity index (χ0n) is 17.5. The van der Waals surface area contributed by atoms with Gasteiger partial charge in [0.05, 0.1) is 5.69 Å². The van der Waals surface area contributed by atoms with Crippen LogP contribution in [0.2, 0.25) is 0 Å². The number of anilines is 1. The molecule has 1 N–H and O–H groups in total. The number of carbonyl (C=O) groups is 1. The number of hydrogen-bond acceptors (Lipinski definition) is 4. The molecular weight excluding hydrogens is 376 g/mol. The molecule has 0 saturated carbocycles. The van der Waals surface area contributed by atoms with Crippen molar-refractivity contribution < 1.29 is 14.3 Å². The summed E-state index contributed by atoms with van der Waals surface area (Å²) in [6.07, 6.45) is 0. The van der Waals surface area contributed by atoms with E-state index < -0.39 is 0 Å². The summed E-state index contributed by atoms with van der Waals surface area (Å²) in [5.41, 5.74) is 1.16. The Hall–Kier alpha value is -3.31. The van der Waals surface area contributed by atoms with Gasteiger partial charge >= 0.3 is 0 Å². The van der Waals surface area contributed by atoms with Gasteiger partial charge in [-0.15, -0.1) is 0 Å². The van der Waals surface area contributed by atoms with Crippen molar-refractivity contribution >= 4 is 11.6 Å². The molecule has 0 spiro atoms. The summed E-state index contributed by atoms with van der Waals surface area (Å²) < 4.78 is 11.8. The maximum absolute atomic E-state index is 12.8. The maximum Gasteiger partial charge on any atom is 0.255 e. The molecule has 0 bridgehead atoms. The van der Waals surface area contributed by atoms with Gasteiger partial charge in [-0.2, -0.15) is 0 Å². The largest absolute Gasteiger partial charge is 0.490 e. The quantitative estimate of drug-likeness (QED) is 0.488. The van der Waals surface area contributed by atoms with Gasteiger partial charge in [-0.25, -0.2) is 0 Å². The van der Waals surface area contributed by atoms with Crippen LogP contribution in [0.15, 0.2) is 78.9 Å². The number of hydrogen-bond donors (Lipinski definition) is 1. The molecule has 0 radical (unpaired) electrons. The molecule has 0 atom stereocenters. The molecule has 5 heteroatoms. The third kappa shape index (κ3) is 6.09. The number of ether oxygens (including phenoxy) is 2. The molecule has 3 rings (SSSR count). The number of likely N-dealkylation sites (N-methyl/N-ethyl adjacent to an activating group) is 1. The first-order valence-electron chi connectivity index (χ1n) is 10.3. The third-order valence-corrected chi connectivity index (χ3v) is 4.77. The molecule has 0 heterocycles. The van der Waals surface area contributed by atoms with Crippen LogP contribution in [0, 0.1) is 0 Å². The Morgan fingerprint density at radius 3 is 2.33 bits per heavy atom. The van der Waals surface area contributed by atoms with Gasteiger partial charge in [0.2, 0.25) is 0 Å². The molecule has 0 aliphatic carbocycles. The van der Waals surface area contributed by atoms with Crippen molar-refractivity contribution in [2.45, 2.75) is 13.8 Å². The highest BCUT2D eigenvalue weighted by Crippen LogP contribution is 2.26. The van der Waals surface area contributed by atoms with E-state index in [2.05, 4.69) is 24.1 Å². The first-order valence-corrected chi connectivity index (χ1v) is 10.3. The lowest BCUT2D eigenvalue weighted by molar-refractivity contribution is 0.102. The molecular formula is C25H28N2O3. The Balaban J connectivity index is 1.65. The second-order valence-corrected chi connectivity index (χ2v) is 6.77. The van der Waals surface area contributed by atoms with Crippen LogP contribution in [0.1, 0.15) is 24.2 Å². The molecule has 0 unspecified atom stereocenters. The van der Waals surface area contributed by atoms with Crippen molar-refractivity contribution in [2.24, 2.45) is 0 Å². The molecule has 156 valence electrons. The lowest BCUT2D eigenvalue weighted by atomic mass is 10.2. The molecule has 30 heavy (non-hydrogen) atoms. The normalized spacial score (nSPS) is 10.6. The van der Waals surface area contributed by atoms with Crippen molar-refractivity contribution in [2.75, 3.05) is 31.6 Å². The van der Waals surface area contributed by atoms with E-state index in [1.165, 1.54) is 0 Å². The summed E-state index contributed by atoms with van der Waals surface area (Å²) in [7, 11) is 0. The standard InChI is InChI=1S/C25H28N2O3/c1-3-27(4-2)17-18-29-24-16-9-8-15-23(24)26-25(28)20-11-10-14-22(19-20)30-21-12-6-5-7-13-21/h5-16,19H,3-4,17-18H2,1-2H3,(H,26,28). The molecule has 0 fully saturated rings. The van der Waals surface area contributed by atoms with Crippen molar-refractivity contribution in [1.82, 2.24) is 4.90 Å². The molecule has 5 nitrogen and oxygen atoms in total. The minimum Gasteiger partial charge on any atom is -0.490 e. The van der Waals surface area contributed by atoms with Gasteiger partial charge in [-0.1, -0.05) is 50.2 Å². The van der Waals surface area contributed by atoms with Crippen LogP contribution < -0.4 is 14.8 Å². The Bertz CT molecular complexity index is 940. The lowest BCUT2D eigenvalue weighted by Crippen LogP contribution is -2.28. The van der Waals surface area contributed by atoms with E-state index in [1.54, 1.807) is 18.2 Å². The zero-order chi connectivity index (χ0) is 21.2. The summed E-state index contributed by atoms with van der Waals surface area (Å²) in [4.78, 5) is 15.1. The van der Waals surface area contributed by atoms with Crippen LogP contribution in [-0.4, -0.2) is 37.0 Å². The molecule has 0 saturated heterocycles. The van der Waals surface area contributed by atoms with Gasteiger partial charge in [0.15, 0.2) is 0 Å². The fourth-order valence-corrected chi connectivity index (χ4v) is 3.04. The summed E-state index contributed by atoms with van der Waals surface area (Å²) in [5, 5.41) is 2.95. The van der Waals surface area contributed by atoms with E-state index in [1.807, 2.05) is 60.7 Å². The number of benzene rings is 3. The number of carbonyl (C=O) groups excluding carboxylic acids is 1. The van der Waals surface area contributed by atoms with Crippen molar-refractivity contribution in [3.8, 4) is 17.2 Å². The second-order valence-electron chi connectivity index (χ2n) is 6.77. The topological polar surface area (TPSA) is 50.8 Å². The highest BCUT2D eigenvalue weighted by Gasteiger charge is 2.11. The predicted molar refractivity (Wildman–Crippen MR) is 121 cm³/mol. The van der Waals surface area contributed by atoms with Gasteiger partial charge in [0, 0.05) is 12.1 Å². The molecule has 3 aromatic rings. The fraction of sp³-hybridized carbons (Fsp3) is 0.240. The SMILES string of the molecule is CCN(CC)CCOc1ccccc1NC(=O)c1cccc(Oc2ccccc2)c1. The molecule has 0 aliphatic rings. The second kappa shape index (κ2) is 11.0. The molecule has 0 aromatic heterocycles. The van der Waals surface area contributed by atoms with Gasteiger partial charge in [-0.3, -0.25) is 4.79 Å². The van der Waals surface area contributed by atoms with E-state index in [0.717, 1.165) is 25.4 Å². The van der Waals surface area contributed by atoms with E-state index in [-0.39, 0.29) is 5.91 Å². The van der Waals surface area contributed by atoms with Gasteiger partial charge in [-0.05, 0) is 55.6 Å². The number of nitrogens with one attached hydrogen (secondary N) is 1. The molecule has 1 amide bonds. The number of para-hydroxylation sites is 3. The highest BCUT2D eigenvalue weighted by atomic mass is 16.5. The zero-order valence-corrected chi connectivity index (χ0v) is 17.5. The van der Waals surface area contributed by atoms with Crippen molar-refractivity contribution in [1.29, 1.82) is 0 Å². The van der Waals surface area contributed by atoms with Crippen LogP contribution in [0.4, 0.5) is 5.69 Å². The van der Waals surface area contributed by atoms with Crippen LogP contribution in [-0.2, 0) is 0 Å². The summed E-state index contributed by atoms with van der Waals surface area (Å²) >= 11 is 0. The van der Waals surface area contributed by atoms with Gasteiger partial charge in [0.1, 0.15) is 23.9 Å². The average Bonchev–Trinajstić information content (AvgIpc) is 2.78. The first-order chi connectivity index (χ1) is 14.7. The monoisotopic (exact) mass is 404 g/mol. The number of rotatable bonds is 10. The van der Waals surface area contributed by atoms with E-state index >= 15 is 0 Å². The Morgan fingerprint density at radius 2 is 1.57 bits per heavy atom. The number of amides is 1. The Morgan fingerprint density at radius 1 is 0.867 bits per heavy atom. The minimum atomic E-state index is -0.215. The fourth-order valence-electron chi connectivity index (χ4n) is 3.04. The third-order valence-electron chi connectivity index (χ3n) is 4.77. The molecule has 3 aromatic carbocycles. The Labute approximate surface area is 178 Å². The van der Waals surface area contributed by atoms with E-state index in [0.29, 0.717) is 29.4 Å². The van der Waals surface area contributed by atoms with Crippen molar-refractivity contribution in [3.05, 3.63) is 84.4 Å². The number of nitrogens with zero attached hydrogens (tertiary/aromatic N) is 1. The smallest absolute Gasteiger partial charge is 0.255 e. The summed E-state index contributed by atoms with van der Waals surface area (Å²) in [6, 6.07) is 24.1. The lowest BCUT2D eigenvalue weighted by Gasteiger charge is -2.19. The first kappa shape index (κ1) is 21.4.